The minimum absolute atomic E-state index is 0.0157. The summed E-state index contributed by atoms with van der Waals surface area (Å²) in [5.41, 5.74) is 7.93. The normalized spacial score (nSPS) is 28.9. The van der Waals surface area contributed by atoms with Gasteiger partial charge in [0.15, 0.2) is 0 Å². The smallest absolute Gasteiger partial charge is 0.306 e. The van der Waals surface area contributed by atoms with Gasteiger partial charge in [0, 0.05) is 18.4 Å². The van der Waals surface area contributed by atoms with Crippen LogP contribution in [0.3, 0.4) is 0 Å². The number of hydrogen-bond donors (Lipinski definition) is 5. The number of carbonyl (C=O) groups excluding carboxylic acids is 3. The van der Waals surface area contributed by atoms with Crippen LogP contribution >= 0.6 is 12.8 Å². The van der Waals surface area contributed by atoms with E-state index >= 15 is 0 Å². The molecule has 3 aliphatic rings. The molecule has 1 aromatic carbocycles. The molecule has 2 fully saturated rings. The summed E-state index contributed by atoms with van der Waals surface area (Å²) >= 11 is 3.89. The number of primary amides is 1. The number of nitrogens with one attached hydrogen (secondary N) is 2. The fourth-order valence-electron chi connectivity index (χ4n) is 7.21. The van der Waals surface area contributed by atoms with Gasteiger partial charge in [0.2, 0.25) is 11.8 Å². The fraction of sp³-hybridized carbons (Fsp3) is 0.679. The van der Waals surface area contributed by atoms with Crippen molar-refractivity contribution >= 4 is 30.6 Å². The second-order valence-electron chi connectivity index (χ2n) is 11.3. The average molecular weight is 532 g/mol. The number of phenols is 1. The summed E-state index contributed by atoms with van der Waals surface area (Å²) in [5, 5.41) is 12.7. The van der Waals surface area contributed by atoms with Gasteiger partial charge in [-0.1, -0.05) is 25.8 Å². The van der Waals surface area contributed by atoms with Gasteiger partial charge in [-0.2, -0.15) is 0 Å². The number of unbranched alkanes of at least 4 members (excludes halogenated alkanes) is 1. The van der Waals surface area contributed by atoms with Crippen LogP contribution in [0.25, 0.3) is 0 Å². The Morgan fingerprint density at radius 2 is 2.00 bits per heavy atom. The Morgan fingerprint density at radius 1 is 1.19 bits per heavy atom. The molecule has 4 rings (SSSR count). The lowest BCUT2D eigenvalue weighted by atomic mass is 9.55. The third-order valence-corrected chi connectivity index (χ3v) is 9.51. The Balaban J connectivity index is 1.20. The summed E-state index contributed by atoms with van der Waals surface area (Å²) in [6, 6.07) is 5.36. The topological polar surface area (TPSA) is 131 Å². The van der Waals surface area contributed by atoms with Gasteiger partial charge in [0.05, 0.1) is 12.5 Å². The molecular weight excluding hydrogens is 490 g/mol. The molecule has 0 saturated heterocycles. The molecule has 204 valence electrons. The number of amides is 2. The van der Waals surface area contributed by atoms with Gasteiger partial charge in [0.1, 0.15) is 11.9 Å². The van der Waals surface area contributed by atoms with E-state index < -0.39 is 11.9 Å². The first-order valence-corrected chi connectivity index (χ1v) is 14.1. The largest absolute Gasteiger partial charge is 0.508 e. The number of benzene rings is 1. The van der Waals surface area contributed by atoms with E-state index in [0.29, 0.717) is 42.9 Å². The lowest BCUT2D eigenvalue weighted by Crippen LogP contribution is -2.45. The lowest BCUT2D eigenvalue weighted by Gasteiger charge is -2.50. The highest BCUT2D eigenvalue weighted by Crippen LogP contribution is 2.61. The van der Waals surface area contributed by atoms with Gasteiger partial charge in [-0.05, 0) is 98.8 Å². The van der Waals surface area contributed by atoms with E-state index in [0.717, 1.165) is 44.9 Å². The molecular formula is C28H41N3O5S. The highest BCUT2D eigenvalue weighted by molar-refractivity contribution is 7.78. The SMILES string of the molecule is CC12CCC3c4ccc(O)cc4CCC3C1CCC2OC(=O)CCC(=O)NCCCC[C@H](NS)C(N)=O. The molecule has 2 saturated carbocycles. The van der Waals surface area contributed by atoms with Gasteiger partial charge in [-0.25, -0.2) is 0 Å². The van der Waals surface area contributed by atoms with E-state index in [1.165, 1.54) is 11.1 Å². The second-order valence-corrected chi connectivity index (χ2v) is 11.6. The number of rotatable bonds is 11. The minimum atomic E-state index is -0.482. The van der Waals surface area contributed by atoms with Crippen LogP contribution in [0.2, 0.25) is 0 Å². The maximum Gasteiger partial charge on any atom is 0.306 e. The highest BCUT2D eigenvalue weighted by Gasteiger charge is 2.56. The first kappa shape index (κ1) is 27.8. The van der Waals surface area contributed by atoms with E-state index in [4.69, 9.17) is 10.5 Å². The molecule has 8 nitrogen and oxygen atoms in total. The summed E-state index contributed by atoms with van der Waals surface area (Å²) in [6.45, 7) is 2.78. The molecule has 0 heterocycles. The van der Waals surface area contributed by atoms with Crippen LogP contribution in [-0.4, -0.2) is 41.6 Å². The Bertz CT molecular complexity index is 1000. The van der Waals surface area contributed by atoms with E-state index in [-0.39, 0.29) is 36.2 Å². The number of ether oxygens (including phenoxy) is 1. The number of esters is 1. The number of phenolic OH excluding ortho intramolecular Hbond substituents is 1. The van der Waals surface area contributed by atoms with Crippen molar-refractivity contribution in [2.24, 2.45) is 23.0 Å². The molecule has 37 heavy (non-hydrogen) atoms. The third-order valence-electron chi connectivity index (χ3n) is 9.19. The zero-order chi connectivity index (χ0) is 26.6. The predicted molar refractivity (Wildman–Crippen MR) is 144 cm³/mol. The van der Waals surface area contributed by atoms with Crippen molar-refractivity contribution in [3.8, 4) is 5.75 Å². The van der Waals surface area contributed by atoms with Crippen molar-refractivity contribution < 1.29 is 24.2 Å². The van der Waals surface area contributed by atoms with Crippen LogP contribution < -0.4 is 15.8 Å². The van der Waals surface area contributed by atoms with Crippen LogP contribution in [-0.2, 0) is 25.5 Å². The van der Waals surface area contributed by atoms with Gasteiger partial charge >= 0.3 is 5.97 Å². The number of carbonyl (C=O) groups is 3. The molecule has 9 heteroatoms. The lowest BCUT2D eigenvalue weighted by molar-refractivity contribution is -0.158. The molecule has 0 spiro atoms. The fourth-order valence-corrected chi connectivity index (χ4v) is 7.46. The quantitative estimate of drug-likeness (QED) is 0.169. The molecule has 5 N–H and O–H groups in total. The van der Waals surface area contributed by atoms with E-state index in [1.54, 1.807) is 0 Å². The summed E-state index contributed by atoms with van der Waals surface area (Å²) in [7, 11) is 0. The van der Waals surface area contributed by atoms with Crippen LogP contribution in [0, 0.1) is 17.3 Å². The molecule has 0 bridgehead atoms. The first-order valence-electron chi connectivity index (χ1n) is 13.7. The van der Waals surface area contributed by atoms with E-state index in [2.05, 4.69) is 35.8 Å². The molecule has 3 aliphatic carbocycles. The van der Waals surface area contributed by atoms with Crippen LogP contribution in [0.5, 0.6) is 5.75 Å². The van der Waals surface area contributed by atoms with E-state index in [1.807, 2.05) is 12.1 Å². The molecule has 0 aromatic heterocycles. The number of thiol groups is 1. The maximum atomic E-state index is 12.7. The average Bonchev–Trinajstić information content (AvgIpc) is 3.20. The first-order chi connectivity index (χ1) is 17.7. The Hall–Kier alpha value is -2.26. The van der Waals surface area contributed by atoms with E-state index in [9.17, 15) is 19.5 Å². The van der Waals surface area contributed by atoms with Crippen molar-refractivity contribution in [1.82, 2.24) is 10.0 Å². The summed E-state index contributed by atoms with van der Waals surface area (Å²) in [6.07, 6.45) is 8.28. The van der Waals surface area contributed by atoms with Gasteiger partial charge in [-0.3, -0.25) is 19.1 Å². The van der Waals surface area contributed by atoms with Gasteiger partial charge in [-0.15, -0.1) is 0 Å². The molecule has 2 amide bonds. The molecule has 0 aliphatic heterocycles. The molecule has 5 unspecified atom stereocenters. The standard InChI is InChI=1S/C28H41N3O5S/c1-28-14-13-20-19-8-6-18(32)16-17(19)5-7-21(20)22(28)9-10-24(28)36-26(34)12-11-25(33)30-15-3-2-4-23(31-37)27(29)35/h6,8,16,20-24,31-32,37H,2-5,7,9-15H2,1H3,(H2,29,35)(H,30,33)/t20?,21?,22?,23-,24?,28?/m0/s1. The third kappa shape index (κ3) is 6.25. The van der Waals surface area contributed by atoms with Crippen molar-refractivity contribution in [2.45, 2.75) is 95.6 Å². The summed E-state index contributed by atoms with van der Waals surface area (Å²) < 4.78 is 8.57. The van der Waals surface area contributed by atoms with Crippen LogP contribution in [0.4, 0.5) is 0 Å². The Labute approximate surface area is 225 Å². The Kier molecular flexibility index (Phi) is 9.06. The van der Waals surface area contributed by atoms with Gasteiger partial charge in [0.25, 0.3) is 0 Å². The second kappa shape index (κ2) is 12.1. The molecule has 1 aromatic rings. The zero-order valence-electron chi connectivity index (χ0n) is 21.7. The maximum absolute atomic E-state index is 12.7. The van der Waals surface area contributed by atoms with Crippen molar-refractivity contribution in [1.29, 1.82) is 0 Å². The minimum Gasteiger partial charge on any atom is -0.508 e. The number of fused-ring (bicyclic) bond motifs is 5. The number of aryl methyl sites for hydroxylation is 1. The number of hydrogen-bond acceptors (Lipinski definition) is 7. The number of aromatic hydroxyl groups is 1. The predicted octanol–water partition coefficient (Wildman–Crippen LogP) is 3.52. The summed E-state index contributed by atoms with van der Waals surface area (Å²) in [4.78, 5) is 36.0. The molecule has 6 atom stereocenters. The van der Waals surface area contributed by atoms with Crippen LogP contribution in [0.15, 0.2) is 18.2 Å². The summed E-state index contributed by atoms with van der Waals surface area (Å²) in [5.74, 6) is 1.08. The van der Waals surface area contributed by atoms with Crippen molar-refractivity contribution in [2.75, 3.05) is 6.54 Å². The highest BCUT2D eigenvalue weighted by atomic mass is 32.1. The molecule has 0 radical (unpaired) electrons. The Morgan fingerprint density at radius 3 is 2.76 bits per heavy atom. The number of nitrogens with two attached hydrogens (primary N) is 1. The van der Waals surface area contributed by atoms with Crippen LogP contribution in [0.1, 0.15) is 88.2 Å². The van der Waals surface area contributed by atoms with Gasteiger partial charge < -0.3 is 20.9 Å². The monoisotopic (exact) mass is 531 g/mol. The van der Waals surface area contributed by atoms with Crippen molar-refractivity contribution in [3.63, 3.8) is 0 Å². The van der Waals surface area contributed by atoms with Crippen molar-refractivity contribution in [3.05, 3.63) is 29.3 Å². The zero-order valence-corrected chi connectivity index (χ0v) is 22.6.